The molecule has 5 heteroatoms. The Bertz CT molecular complexity index is 646. The number of halogens is 2. The van der Waals surface area contributed by atoms with Crippen LogP contribution in [0.3, 0.4) is 0 Å². The summed E-state index contributed by atoms with van der Waals surface area (Å²) < 4.78 is 0.691. The van der Waals surface area contributed by atoms with E-state index >= 15 is 0 Å². The van der Waals surface area contributed by atoms with Gasteiger partial charge >= 0.3 is 0 Å². The predicted octanol–water partition coefficient (Wildman–Crippen LogP) is 4.08. The Hall–Kier alpha value is -1.52. The zero-order valence-electron chi connectivity index (χ0n) is 10.8. The maximum atomic E-state index is 12.3. The molecule has 2 aromatic rings. The maximum absolute atomic E-state index is 12.3. The van der Waals surface area contributed by atoms with Crippen molar-refractivity contribution >= 4 is 33.4 Å². The minimum Gasteiger partial charge on any atom is -0.508 e. The predicted molar refractivity (Wildman–Crippen MR) is 83.1 cm³/mol. The number of rotatable bonds is 3. The summed E-state index contributed by atoms with van der Waals surface area (Å²) in [6.45, 7) is 0.424. The third-order valence-electron chi connectivity index (χ3n) is 2.84. The lowest BCUT2D eigenvalue weighted by Gasteiger charge is -2.17. The molecule has 0 fully saturated rings. The van der Waals surface area contributed by atoms with E-state index in [1.165, 1.54) is 0 Å². The van der Waals surface area contributed by atoms with Gasteiger partial charge in [0.2, 0.25) is 0 Å². The number of hydrogen-bond donors (Lipinski definition) is 1. The van der Waals surface area contributed by atoms with E-state index in [1.807, 2.05) is 6.07 Å². The fourth-order valence-electron chi connectivity index (χ4n) is 1.85. The second kappa shape index (κ2) is 6.29. The van der Waals surface area contributed by atoms with Gasteiger partial charge < -0.3 is 10.0 Å². The Morgan fingerprint density at radius 1 is 1.30 bits per heavy atom. The van der Waals surface area contributed by atoms with Crippen LogP contribution in [-0.4, -0.2) is 23.0 Å². The van der Waals surface area contributed by atoms with Crippen LogP contribution >= 0.6 is 27.5 Å². The fraction of sp³-hybridized carbons (Fsp3) is 0.133. The summed E-state index contributed by atoms with van der Waals surface area (Å²) in [6.07, 6.45) is 0. The molecule has 0 heterocycles. The van der Waals surface area contributed by atoms with Gasteiger partial charge in [0.1, 0.15) is 5.75 Å². The summed E-state index contributed by atoms with van der Waals surface area (Å²) >= 11 is 9.22. The first kappa shape index (κ1) is 14.9. The lowest BCUT2D eigenvalue weighted by atomic mass is 10.1. The summed E-state index contributed by atoms with van der Waals surface area (Å²) in [6, 6.07) is 11.9. The van der Waals surface area contributed by atoms with Gasteiger partial charge in [0.05, 0.1) is 5.02 Å². The first-order valence-electron chi connectivity index (χ1n) is 5.96. The maximum Gasteiger partial charge on any atom is 0.253 e. The highest BCUT2D eigenvalue weighted by Crippen LogP contribution is 2.24. The number of carbonyl (C=O) groups excluding carboxylic acids is 1. The molecule has 0 aromatic heterocycles. The first-order valence-corrected chi connectivity index (χ1v) is 7.13. The average molecular weight is 355 g/mol. The van der Waals surface area contributed by atoms with Gasteiger partial charge in [0, 0.05) is 23.6 Å². The molecule has 1 N–H and O–H groups in total. The molecule has 104 valence electrons. The fourth-order valence-corrected chi connectivity index (χ4v) is 2.35. The van der Waals surface area contributed by atoms with Gasteiger partial charge in [-0.1, -0.05) is 23.7 Å². The average Bonchev–Trinajstić information content (AvgIpc) is 2.41. The number of phenols is 1. The number of amides is 1. The second-order valence-corrected chi connectivity index (χ2v) is 5.72. The van der Waals surface area contributed by atoms with Crippen molar-refractivity contribution in [1.29, 1.82) is 0 Å². The number of benzene rings is 2. The van der Waals surface area contributed by atoms with Crippen molar-refractivity contribution in [1.82, 2.24) is 4.90 Å². The van der Waals surface area contributed by atoms with E-state index < -0.39 is 0 Å². The minimum atomic E-state index is -0.106. The highest BCUT2D eigenvalue weighted by Gasteiger charge is 2.13. The number of carbonyl (C=O) groups is 1. The molecule has 0 aliphatic heterocycles. The quantitative estimate of drug-likeness (QED) is 0.902. The Kier molecular flexibility index (Phi) is 4.68. The minimum absolute atomic E-state index is 0.106. The van der Waals surface area contributed by atoms with Crippen molar-refractivity contribution in [2.75, 3.05) is 7.05 Å². The van der Waals surface area contributed by atoms with Gasteiger partial charge in [-0.05, 0) is 51.8 Å². The van der Waals surface area contributed by atoms with Crippen LogP contribution in [0.4, 0.5) is 0 Å². The van der Waals surface area contributed by atoms with E-state index in [9.17, 15) is 9.90 Å². The molecule has 0 bridgehead atoms. The van der Waals surface area contributed by atoms with Crippen LogP contribution in [0, 0.1) is 0 Å². The van der Waals surface area contributed by atoms with E-state index in [4.69, 9.17) is 11.6 Å². The van der Waals surface area contributed by atoms with Crippen LogP contribution in [0.5, 0.6) is 5.75 Å². The van der Waals surface area contributed by atoms with Gasteiger partial charge in [-0.15, -0.1) is 0 Å². The molecule has 3 nitrogen and oxygen atoms in total. The molecule has 0 radical (unpaired) electrons. The molecular weight excluding hydrogens is 342 g/mol. The zero-order valence-corrected chi connectivity index (χ0v) is 13.1. The van der Waals surface area contributed by atoms with Crippen LogP contribution in [0.1, 0.15) is 15.9 Å². The molecular formula is C15H13BrClNO2. The van der Waals surface area contributed by atoms with E-state index in [-0.39, 0.29) is 11.7 Å². The van der Waals surface area contributed by atoms with Crippen LogP contribution < -0.4 is 0 Å². The van der Waals surface area contributed by atoms with Crippen molar-refractivity contribution in [3.05, 3.63) is 63.1 Å². The number of aromatic hydroxyl groups is 1. The van der Waals surface area contributed by atoms with Gasteiger partial charge in [-0.25, -0.2) is 0 Å². The van der Waals surface area contributed by atoms with E-state index in [0.717, 1.165) is 5.56 Å². The highest BCUT2D eigenvalue weighted by atomic mass is 79.9. The van der Waals surface area contributed by atoms with Crippen LogP contribution in [0.2, 0.25) is 5.02 Å². The van der Waals surface area contributed by atoms with Crippen LogP contribution in [0.15, 0.2) is 46.9 Å². The molecule has 0 unspecified atom stereocenters. The van der Waals surface area contributed by atoms with Gasteiger partial charge in [-0.3, -0.25) is 4.79 Å². The smallest absolute Gasteiger partial charge is 0.253 e. The second-order valence-electron chi connectivity index (χ2n) is 4.46. The monoisotopic (exact) mass is 353 g/mol. The summed E-state index contributed by atoms with van der Waals surface area (Å²) in [7, 11) is 1.72. The van der Waals surface area contributed by atoms with Crippen molar-refractivity contribution in [2.24, 2.45) is 0 Å². The van der Waals surface area contributed by atoms with Crippen LogP contribution in [0.25, 0.3) is 0 Å². The Morgan fingerprint density at radius 3 is 2.70 bits per heavy atom. The van der Waals surface area contributed by atoms with Crippen molar-refractivity contribution < 1.29 is 9.90 Å². The standard InChI is InChI=1S/C15H13BrClNO2/c1-18(9-10-3-2-4-12(19)7-10)15(20)11-5-6-14(17)13(16)8-11/h2-8,19H,9H2,1H3. The number of phenolic OH excluding ortho intramolecular Hbond substituents is 1. The van der Waals surface area contributed by atoms with Crippen molar-refractivity contribution in [3.8, 4) is 5.75 Å². The molecule has 0 saturated carbocycles. The molecule has 0 saturated heterocycles. The van der Waals surface area contributed by atoms with E-state index in [1.54, 1.807) is 48.3 Å². The van der Waals surface area contributed by atoms with Gasteiger partial charge in [-0.2, -0.15) is 0 Å². The highest BCUT2D eigenvalue weighted by molar-refractivity contribution is 9.10. The normalized spacial score (nSPS) is 10.3. The first-order chi connectivity index (χ1) is 9.47. The third kappa shape index (κ3) is 3.52. The molecule has 20 heavy (non-hydrogen) atoms. The van der Waals surface area contributed by atoms with Crippen molar-refractivity contribution in [2.45, 2.75) is 6.54 Å². The molecule has 0 atom stereocenters. The summed E-state index contributed by atoms with van der Waals surface area (Å²) in [4.78, 5) is 13.9. The molecule has 2 rings (SSSR count). The Balaban J connectivity index is 2.14. The largest absolute Gasteiger partial charge is 0.508 e. The summed E-state index contributed by atoms with van der Waals surface area (Å²) in [5.41, 5.74) is 1.43. The molecule has 2 aromatic carbocycles. The Morgan fingerprint density at radius 2 is 2.05 bits per heavy atom. The van der Waals surface area contributed by atoms with E-state index in [0.29, 0.717) is 21.6 Å². The summed E-state index contributed by atoms with van der Waals surface area (Å²) in [5.74, 6) is 0.0864. The SMILES string of the molecule is CN(Cc1cccc(O)c1)C(=O)c1ccc(Cl)c(Br)c1. The molecule has 1 amide bonds. The third-order valence-corrected chi connectivity index (χ3v) is 4.06. The number of nitrogens with zero attached hydrogens (tertiary/aromatic N) is 1. The lowest BCUT2D eigenvalue weighted by molar-refractivity contribution is 0.0785. The number of hydrogen-bond acceptors (Lipinski definition) is 2. The van der Waals surface area contributed by atoms with Gasteiger partial charge in [0.15, 0.2) is 0 Å². The zero-order chi connectivity index (χ0) is 14.7. The molecule has 0 aliphatic rings. The topological polar surface area (TPSA) is 40.5 Å². The Labute approximate surface area is 130 Å². The van der Waals surface area contributed by atoms with E-state index in [2.05, 4.69) is 15.9 Å². The van der Waals surface area contributed by atoms with Crippen LogP contribution in [-0.2, 0) is 6.54 Å². The summed E-state index contributed by atoms with van der Waals surface area (Å²) in [5, 5.41) is 9.99. The van der Waals surface area contributed by atoms with Crippen molar-refractivity contribution in [3.63, 3.8) is 0 Å². The lowest BCUT2D eigenvalue weighted by Crippen LogP contribution is -2.26. The molecule has 0 spiro atoms. The van der Waals surface area contributed by atoms with Gasteiger partial charge in [0.25, 0.3) is 5.91 Å². The molecule has 0 aliphatic carbocycles.